The lowest BCUT2D eigenvalue weighted by molar-refractivity contribution is -0.904. The Hall–Kier alpha value is -2.93. The molecule has 0 spiro atoms. The maximum absolute atomic E-state index is 12.9. The summed E-state index contributed by atoms with van der Waals surface area (Å²) in [5, 5.41) is 5.74. The third-order valence-corrected chi connectivity index (χ3v) is 4.85. The Labute approximate surface area is 171 Å². The molecule has 3 N–H and O–H groups in total. The number of amides is 2. The third kappa shape index (κ3) is 7.19. The fraction of sp³-hybridized carbons (Fsp3) is 0.364. The summed E-state index contributed by atoms with van der Waals surface area (Å²) in [6, 6.07) is 13.0. The molecule has 0 aromatic heterocycles. The first kappa shape index (κ1) is 22.4. The predicted molar refractivity (Wildman–Crippen MR) is 111 cm³/mol. The molecule has 0 radical (unpaired) electrons. The van der Waals surface area contributed by atoms with E-state index in [2.05, 4.69) is 10.6 Å². The second-order valence-electron chi connectivity index (χ2n) is 6.85. The molecule has 0 fully saturated rings. The van der Waals surface area contributed by atoms with Gasteiger partial charge in [0.25, 0.3) is 11.8 Å². The van der Waals surface area contributed by atoms with Crippen molar-refractivity contribution < 1.29 is 23.6 Å². The van der Waals surface area contributed by atoms with E-state index in [9.17, 15) is 14.0 Å². The van der Waals surface area contributed by atoms with Gasteiger partial charge >= 0.3 is 0 Å². The minimum Gasteiger partial charge on any atom is -0.497 e. The number of ether oxygens (including phenoxy) is 1. The highest BCUT2D eigenvalue weighted by molar-refractivity contribution is 5.91. The fourth-order valence-corrected chi connectivity index (χ4v) is 2.99. The zero-order valence-electron chi connectivity index (χ0n) is 17.1. The number of methoxy groups -OCH3 is 1. The summed E-state index contributed by atoms with van der Waals surface area (Å²) in [4.78, 5) is 25.7. The molecule has 2 aromatic rings. The van der Waals surface area contributed by atoms with Gasteiger partial charge in [-0.05, 0) is 62.2 Å². The first-order valence-electron chi connectivity index (χ1n) is 9.73. The summed E-state index contributed by atoms with van der Waals surface area (Å²) in [7, 11) is 1.59. The summed E-state index contributed by atoms with van der Waals surface area (Å²) in [5.74, 6) is 0.176. The molecule has 0 aliphatic heterocycles. The highest BCUT2D eigenvalue weighted by Gasteiger charge is 2.25. The van der Waals surface area contributed by atoms with Crippen LogP contribution < -0.4 is 20.3 Å². The predicted octanol–water partition coefficient (Wildman–Crippen LogP) is 1.43. The number of rotatable bonds is 10. The molecule has 2 aromatic carbocycles. The van der Waals surface area contributed by atoms with Crippen molar-refractivity contribution in [2.75, 3.05) is 32.1 Å². The van der Waals surface area contributed by atoms with Gasteiger partial charge in [0.1, 0.15) is 11.6 Å². The van der Waals surface area contributed by atoms with Gasteiger partial charge in [0, 0.05) is 12.2 Å². The van der Waals surface area contributed by atoms with E-state index in [0.717, 1.165) is 16.2 Å². The van der Waals surface area contributed by atoms with Gasteiger partial charge in [-0.15, -0.1) is 0 Å². The molecular weight excluding hydrogens is 373 g/mol. The van der Waals surface area contributed by atoms with Crippen molar-refractivity contribution >= 4 is 17.5 Å². The molecule has 156 valence electrons. The van der Waals surface area contributed by atoms with E-state index in [1.54, 1.807) is 43.5 Å². The zero-order valence-corrected chi connectivity index (χ0v) is 17.1. The van der Waals surface area contributed by atoms with Gasteiger partial charge in [-0.1, -0.05) is 12.1 Å². The van der Waals surface area contributed by atoms with Crippen molar-refractivity contribution in [1.82, 2.24) is 5.32 Å². The average molecular weight is 402 g/mol. The first-order chi connectivity index (χ1) is 13.9. The number of nitrogens with one attached hydrogen (secondary N) is 3. The molecule has 29 heavy (non-hydrogen) atoms. The van der Waals surface area contributed by atoms with E-state index >= 15 is 0 Å². The zero-order chi connectivity index (χ0) is 21.2. The molecule has 0 saturated carbocycles. The molecule has 2 amide bonds. The van der Waals surface area contributed by atoms with Crippen LogP contribution in [0.5, 0.6) is 5.75 Å². The normalized spacial score (nSPS) is 12.7. The van der Waals surface area contributed by atoms with Gasteiger partial charge in [-0.2, -0.15) is 0 Å². The maximum atomic E-state index is 12.9. The average Bonchev–Trinajstić information content (AvgIpc) is 2.73. The number of hydrogen-bond acceptors (Lipinski definition) is 3. The largest absolute Gasteiger partial charge is 0.497 e. The molecule has 0 heterocycles. The number of carbonyl (C=O) groups is 2. The second kappa shape index (κ2) is 11.2. The molecule has 1 unspecified atom stereocenters. The Morgan fingerprint density at radius 2 is 1.76 bits per heavy atom. The molecule has 2 rings (SSSR count). The second-order valence-corrected chi connectivity index (χ2v) is 6.85. The molecule has 6 nitrogen and oxygen atoms in total. The summed E-state index contributed by atoms with van der Waals surface area (Å²) >= 11 is 0. The SMILES string of the molecule is CC[NH+](CC(=O)Nc1ccc(OC)cc1)[C@@H](C)C(=O)NCCc1ccc(F)cc1. The van der Waals surface area contributed by atoms with E-state index in [1.807, 2.05) is 13.8 Å². The van der Waals surface area contributed by atoms with Gasteiger partial charge in [-0.25, -0.2) is 4.39 Å². The molecule has 7 heteroatoms. The van der Waals surface area contributed by atoms with Crippen LogP contribution in [0.2, 0.25) is 0 Å². The monoisotopic (exact) mass is 402 g/mol. The molecule has 0 aliphatic rings. The summed E-state index contributed by atoms with van der Waals surface area (Å²) in [6.07, 6.45) is 0.623. The smallest absolute Gasteiger partial charge is 0.279 e. The Morgan fingerprint density at radius 3 is 2.34 bits per heavy atom. The van der Waals surface area contributed by atoms with Crippen molar-refractivity contribution in [3.05, 3.63) is 59.9 Å². The van der Waals surface area contributed by atoms with E-state index in [1.165, 1.54) is 12.1 Å². The highest BCUT2D eigenvalue weighted by atomic mass is 19.1. The fourth-order valence-electron chi connectivity index (χ4n) is 2.99. The Balaban J connectivity index is 1.80. The van der Waals surface area contributed by atoms with Crippen LogP contribution in [0, 0.1) is 5.82 Å². The number of carbonyl (C=O) groups excluding carboxylic acids is 2. The molecular formula is C22H29FN3O3+. The number of hydrogen-bond donors (Lipinski definition) is 3. The van der Waals surface area contributed by atoms with Crippen LogP contribution in [0.1, 0.15) is 19.4 Å². The van der Waals surface area contributed by atoms with Crippen molar-refractivity contribution in [2.45, 2.75) is 26.3 Å². The van der Waals surface area contributed by atoms with Crippen LogP contribution in [0.3, 0.4) is 0 Å². The van der Waals surface area contributed by atoms with Crippen LogP contribution in [0.15, 0.2) is 48.5 Å². The van der Waals surface area contributed by atoms with Crippen molar-refractivity contribution in [2.24, 2.45) is 0 Å². The number of quaternary nitrogens is 1. The number of benzene rings is 2. The van der Waals surface area contributed by atoms with E-state index in [0.29, 0.717) is 25.2 Å². The number of likely N-dealkylation sites (N-methyl/N-ethyl adjacent to an activating group) is 1. The Kier molecular flexibility index (Phi) is 8.61. The number of halogens is 1. The number of anilines is 1. The lowest BCUT2D eigenvalue weighted by Crippen LogP contribution is -3.17. The summed E-state index contributed by atoms with van der Waals surface area (Å²) < 4.78 is 18.0. The van der Waals surface area contributed by atoms with Crippen LogP contribution in [-0.2, 0) is 16.0 Å². The van der Waals surface area contributed by atoms with Crippen LogP contribution in [0.4, 0.5) is 10.1 Å². The third-order valence-electron chi connectivity index (χ3n) is 4.85. The van der Waals surface area contributed by atoms with Crippen LogP contribution >= 0.6 is 0 Å². The molecule has 0 bridgehead atoms. The maximum Gasteiger partial charge on any atom is 0.279 e. The van der Waals surface area contributed by atoms with E-state index < -0.39 is 0 Å². The van der Waals surface area contributed by atoms with Crippen molar-refractivity contribution in [1.29, 1.82) is 0 Å². The van der Waals surface area contributed by atoms with Crippen molar-refractivity contribution in [3.63, 3.8) is 0 Å². The van der Waals surface area contributed by atoms with Crippen molar-refractivity contribution in [3.8, 4) is 5.75 Å². The molecule has 0 saturated heterocycles. The van der Waals surface area contributed by atoms with Gasteiger partial charge in [0.15, 0.2) is 12.6 Å². The highest BCUT2D eigenvalue weighted by Crippen LogP contribution is 2.14. The van der Waals surface area contributed by atoms with Gasteiger partial charge in [0.2, 0.25) is 0 Å². The van der Waals surface area contributed by atoms with Crippen LogP contribution in [0.25, 0.3) is 0 Å². The lowest BCUT2D eigenvalue weighted by Gasteiger charge is -2.23. The van der Waals surface area contributed by atoms with Gasteiger partial charge < -0.3 is 20.3 Å². The molecule has 0 aliphatic carbocycles. The quantitative estimate of drug-likeness (QED) is 0.563. The van der Waals surface area contributed by atoms with Crippen LogP contribution in [-0.4, -0.2) is 44.6 Å². The Morgan fingerprint density at radius 1 is 1.10 bits per heavy atom. The topological polar surface area (TPSA) is 71.9 Å². The van der Waals surface area contributed by atoms with E-state index in [-0.39, 0.29) is 30.2 Å². The lowest BCUT2D eigenvalue weighted by atomic mass is 10.1. The minimum absolute atomic E-state index is 0.110. The van der Waals surface area contributed by atoms with E-state index in [4.69, 9.17) is 4.74 Å². The standard InChI is InChI=1S/C22H28FN3O3/c1-4-26(15-21(27)25-19-9-11-20(29-3)12-10-19)16(2)22(28)24-14-13-17-5-7-18(23)8-6-17/h5-12,16H,4,13-15H2,1-3H3,(H,24,28)(H,25,27)/p+1/t16-/m0/s1. The van der Waals surface area contributed by atoms with Gasteiger partial charge in [-0.3, -0.25) is 9.59 Å². The summed E-state index contributed by atoms with van der Waals surface area (Å²) in [5.41, 5.74) is 1.64. The van der Waals surface area contributed by atoms with Gasteiger partial charge in [0.05, 0.1) is 13.7 Å². The Bertz CT molecular complexity index is 794. The summed E-state index contributed by atoms with van der Waals surface area (Å²) in [6.45, 7) is 5.05. The minimum atomic E-state index is -0.366. The molecule has 2 atom stereocenters. The first-order valence-corrected chi connectivity index (χ1v) is 9.73.